The molecule has 100 valence electrons. The van der Waals surface area contributed by atoms with Gasteiger partial charge in [0.1, 0.15) is 0 Å². The van der Waals surface area contributed by atoms with E-state index in [1.54, 1.807) is 0 Å². The molecule has 3 heteroatoms. The zero-order chi connectivity index (χ0) is 13.3. The molecule has 1 amide bonds. The zero-order valence-electron chi connectivity index (χ0n) is 11.1. The van der Waals surface area contributed by atoms with Gasteiger partial charge < -0.3 is 9.64 Å². The number of nitrogens with zero attached hydrogens (tertiary/aromatic N) is 1. The van der Waals surface area contributed by atoms with Crippen molar-refractivity contribution in [1.82, 2.24) is 4.90 Å². The van der Waals surface area contributed by atoms with Crippen LogP contribution in [0.25, 0.3) is 0 Å². The maximum atomic E-state index is 11.9. The van der Waals surface area contributed by atoms with Gasteiger partial charge in [0.25, 0.3) is 0 Å². The smallest absolute Gasteiger partial charge is 0.223 e. The summed E-state index contributed by atoms with van der Waals surface area (Å²) < 4.78 is 5.87. The van der Waals surface area contributed by atoms with E-state index in [-0.39, 0.29) is 11.4 Å². The summed E-state index contributed by atoms with van der Waals surface area (Å²) in [5, 5.41) is 0. The van der Waals surface area contributed by atoms with Crippen LogP contribution in [0.3, 0.4) is 0 Å². The molecule has 0 spiro atoms. The average molecular weight is 257 g/mol. The van der Waals surface area contributed by atoms with Crippen molar-refractivity contribution in [3.8, 4) is 0 Å². The van der Waals surface area contributed by atoms with E-state index >= 15 is 0 Å². The molecule has 1 aromatic rings. The van der Waals surface area contributed by atoms with Gasteiger partial charge in [-0.25, -0.2) is 0 Å². The molecule has 0 saturated carbocycles. The van der Waals surface area contributed by atoms with Crippen LogP contribution in [0.15, 0.2) is 42.5 Å². The summed E-state index contributed by atoms with van der Waals surface area (Å²) in [6.45, 7) is 5.97. The molecule has 3 nitrogen and oxygen atoms in total. The van der Waals surface area contributed by atoms with Gasteiger partial charge in [-0.1, -0.05) is 42.5 Å². The lowest BCUT2D eigenvalue weighted by Gasteiger charge is -2.31. The Labute approximate surface area is 113 Å². The van der Waals surface area contributed by atoms with Gasteiger partial charge in [0.15, 0.2) is 0 Å². The van der Waals surface area contributed by atoms with Crippen molar-refractivity contribution in [2.75, 3.05) is 13.2 Å². The van der Waals surface area contributed by atoms with Crippen LogP contribution in [0.2, 0.25) is 0 Å². The van der Waals surface area contributed by atoms with E-state index < -0.39 is 0 Å². The monoisotopic (exact) mass is 257 g/mol. The molecule has 2 aliphatic heterocycles. The number of benzene rings is 1. The molecule has 0 aromatic heterocycles. The SMILES string of the molecule is C=C1CN2C(=O)CCC2(COCc2ccccc2)C1. The maximum Gasteiger partial charge on any atom is 0.223 e. The lowest BCUT2D eigenvalue weighted by atomic mass is 9.94. The first-order chi connectivity index (χ1) is 9.20. The number of amides is 1. The molecule has 2 aliphatic rings. The quantitative estimate of drug-likeness (QED) is 0.776. The van der Waals surface area contributed by atoms with Crippen molar-refractivity contribution >= 4 is 5.91 Å². The predicted molar refractivity (Wildman–Crippen MR) is 73.5 cm³/mol. The van der Waals surface area contributed by atoms with Crippen molar-refractivity contribution < 1.29 is 9.53 Å². The third-order valence-corrected chi connectivity index (χ3v) is 4.12. The van der Waals surface area contributed by atoms with E-state index in [0.717, 1.165) is 18.4 Å². The van der Waals surface area contributed by atoms with Gasteiger partial charge in [-0.15, -0.1) is 0 Å². The summed E-state index contributed by atoms with van der Waals surface area (Å²) in [6.07, 6.45) is 2.45. The third kappa shape index (κ3) is 2.30. The fraction of sp³-hybridized carbons (Fsp3) is 0.438. The normalized spacial score (nSPS) is 26.0. The van der Waals surface area contributed by atoms with Gasteiger partial charge in [0.05, 0.1) is 18.8 Å². The second-order valence-corrected chi connectivity index (χ2v) is 5.61. The molecule has 3 rings (SSSR count). The van der Waals surface area contributed by atoms with Crippen molar-refractivity contribution in [3.05, 3.63) is 48.0 Å². The minimum atomic E-state index is -0.108. The molecule has 0 radical (unpaired) electrons. The molecule has 1 aromatic carbocycles. The fourth-order valence-corrected chi connectivity index (χ4v) is 3.19. The molecule has 1 atom stereocenters. The van der Waals surface area contributed by atoms with E-state index in [9.17, 15) is 4.79 Å². The summed E-state index contributed by atoms with van der Waals surface area (Å²) in [6, 6.07) is 10.1. The highest BCUT2D eigenvalue weighted by atomic mass is 16.5. The summed E-state index contributed by atoms with van der Waals surface area (Å²) in [7, 11) is 0. The third-order valence-electron chi connectivity index (χ3n) is 4.12. The van der Waals surface area contributed by atoms with Crippen molar-refractivity contribution in [2.45, 2.75) is 31.4 Å². The minimum absolute atomic E-state index is 0.108. The Morgan fingerprint density at radius 2 is 2.11 bits per heavy atom. The second kappa shape index (κ2) is 4.82. The number of fused-ring (bicyclic) bond motifs is 1. The second-order valence-electron chi connectivity index (χ2n) is 5.61. The van der Waals surface area contributed by atoms with Gasteiger partial charge in [-0.2, -0.15) is 0 Å². The Morgan fingerprint density at radius 3 is 2.89 bits per heavy atom. The molecule has 2 heterocycles. The Kier molecular flexibility index (Phi) is 3.15. The lowest BCUT2D eigenvalue weighted by Crippen LogP contribution is -2.44. The molecule has 0 N–H and O–H groups in total. The van der Waals surface area contributed by atoms with Crippen molar-refractivity contribution in [1.29, 1.82) is 0 Å². The van der Waals surface area contributed by atoms with E-state index in [0.29, 0.717) is 26.2 Å². The number of carbonyl (C=O) groups is 1. The van der Waals surface area contributed by atoms with Gasteiger partial charge in [0, 0.05) is 13.0 Å². The Bertz CT molecular complexity index is 497. The van der Waals surface area contributed by atoms with E-state index in [1.165, 1.54) is 5.56 Å². The number of hydrogen-bond donors (Lipinski definition) is 0. The molecule has 2 fully saturated rings. The summed E-state index contributed by atoms with van der Waals surface area (Å²) >= 11 is 0. The number of hydrogen-bond acceptors (Lipinski definition) is 2. The van der Waals surface area contributed by atoms with Crippen LogP contribution in [0.5, 0.6) is 0 Å². The highest BCUT2D eigenvalue weighted by Crippen LogP contribution is 2.41. The first kappa shape index (κ1) is 12.4. The average Bonchev–Trinajstić information content (AvgIpc) is 2.88. The van der Waals surface area contributed by atoms with Gasteiger partial charge >= 0.3 is 0 Å². The zero-order valence-corrected chi connectivity index (χ0v) is 11.1. The lowest BCUT2D eigenvalue weighted by molar-refractivity contribution is -0.130. The predicted octanol–water partition coefficient (Wildman–Crippen LogP) is 2.52. The maximum absolute atomic E-state index is 11.9. The molecule has 0 aliphatic carbocycles. The van der Waals surface area contributed by atoms with Gasteiger partial charge in [-0.3, -0.25) is 4.79 Å². The minimum Gasteiger partial charge on any atom is -0.374 e. The molecular formula is C16H19NO2. The van der Waals surface area contributed by atoms with E-state index in [2.05, 4.69) is 18.7 Å². The Hall–Kier alpha value is -1.61. The molecular weight excluding hydrogens is 238 g/mol. The largest absolute Gasteiger partial charge is 0.374 e. The van der Waals surface area contributed by atoms with Crippen LogP contribution in [0.1, 0.15) is 24.8 Å². The van der Waals surface area contributed by atoms with Crippen molar-refractivity contribution in [2.24, 2.45) is 0 Å². The summed E-state index contributed by atoms with van der Waals surface area (Å²) in [5.41, 5.74) is 2.21. The standard InChI is InChI=1S/C16H19NO2/c1-13-9-16(8-7-15(18)17(16)10-13)12-19-11-14-5-3-2-4-6-14/h2-6H,1,7-12H2. The van der Waals surface area contributed by atoms with Gasteiger partial charge in [-0.05, 0) is 18.4 Å². The summed E-state index contributed by atoms with van der Waals surface area (Å²) in [5.74, 6) is 0.252. The van der Waals surface area contributed by atoms with Crippen LogP contribution in [-0.2, 0) is 16.1 Å². The van der Waals surface area contributed by atoms with E-state index in [1.807, 2.05) is 23.1 Å². The van der Waals surface area contributed by atoms with Crippen LogP contribution >= 0.6 is 0 Å². The highest BCUT2D eigenvalue weighted by Gasteiger charge is 2.49. The first-order valence-electron chi connectivity index (χ1n) is 6.78. The first-order valence-corrected chi connectivity index (χ1v) is 6.78. The van der Waals surface area contributed by atoms with Crippen LogP contribution < -0.4 is 0 Å². The molecule has 19 heavy (non-hydrogen) atoms. The Balaban J connectivity index is 1.63. The molecule has 1 unspecified atom stereocenters. The number of carbonyl (C=O) groups excluding carboxylic acids is 1. The summed E-state index contributed by atoms with van der Waals surface area (Å²) in [4.78, 5) is 13.8. The van der Waals surface area contributed by atoms with Crippen LogP contribution in [0.4, 0.5) is 0 Å². The van der Waals surface area contributed by atoms with Gasteiger partial charge in [0.2, 0.25) is 5.91 Å². The number of rotatable bonds is 4. The van der Waals surface area contributed by atoms with Crippen molar-refractivity contribution in [3.63, 3.8) is 0 Å². The molecule has 2 saturated heterocycles. The highest BCUT2D eigenvalue weighted by molar-refractivity contribution is 5.81. The number of ether oxygens (including phenoxy) is 1. The topological polar surface area (TPSA) is 29.5 Å². The van der Waals surface area contributed by atoms with Crippen LogP contribution in [-0.4, -0.2) is 29.5 Å². The van der Waals surface area contributed by atoms with E-state index in [4.69, 9.17) is 4.74 Å². The Morgan fingerprint density at radius 1 is 1.32 bits per heavy atom. The van der Waals surface area contributed by atoms with Crippen LogP contribution in [0, 0.1) is 0 Å². The molecule has 0 bridgehead atoms. The fourth-order valence-electron chi connectivity index (χ4n) is 3.19.